The van der Waals surface area contributed by atoms with Crippen LogP contribution in [-0.2, 0) is 14.4 Å². The van der Waals surface area contributed by atoms with Crippen LogP contribution in [0.4, 0.5) is 0 Å². The molecule has 98 valence electrons. The van der Waals surface area contributed by atoms with Crippen LogP contribution >= 0.6 is 0 Å². The molecule has 3 N–H and O–H groups in total. The summed E-state index contributed by atoms with van der Waals surface area (Å²) in [6.45, 7) is 1.29. The van der Waals surface area contributed by atoms with Crippen LogP contribution in [0.25, 0.3) is 0 Å². The lowest BCUT2D eigenvalue weighted by Crippen LogP contribution is -2.29. The van der Waals surface area contributed by atoms with Gasteiger partial charge >= 0.3 is 5.97 Å². The second-order valence-electron chi connectivity index (χ2n) is 4.23. The van der Waals surface area contributed by atoms with Gasteiger partial charge < -0.3 is 10.8 Å². The van der Waals surface area contributed by atoms with Gasteiger partial charge in [0.2, 0.25) is 0 Å². The Morgan fingerprint density at radius 2 is 1.59 bits per heavy atom. The Balaban J connectivity index is 3.33. The topological polar surface area (TPSA) is 97.5 Å². The van der Waals surface area contributed by atoms with Crippen molar-refractivity contribution < 1.29 is 19.5 Å². The smallest absolute Gasteiger partial charge is 0.320 e. The number of carbonyl (C=O) groups excluding carboxylic acids is 2. The summed E-state index contributed by atoms with van der Waals surface area (Å²) in [7, 11) is 0. The number of carboxylic acids is 1. The molecule has 0 rings (SSSR count). The van der Waals surface area contributed by atoms with Crippen molar-refractivity contribution in [1.82, 2.24) is 0 Å². The summed E-state index contributed by atoms with van der Waals surface area (Å²) >= 11 is 0. The fraction of sp³-hybridized carbons (Fsp3) is 0.750. The fourth-order valence-corrected chi connectivity index (χ4v) is 1.48. The summed E-state index contributed by atoms with van der Waals surface area (Å²) in [5.74, 6) is -1.65. The standard InChI is InChI=1S/C12H21NO4/c1-9(14)11(15)8-6-4-2-3-5-7-10(13)12(16)17/h10H,2-8,13H2,1H3,(H,16,17). The first-order valence-electron chi connectivity index (χ1n) is 5.97. The van der Waals surface area contributed by atoms with E-state index in [2.05, 4.69) is 0 Å². The van der Waals surface area contributed by atoms with E-state index in [1.165, 1.54) is 6.92 Å². The second-order valence-corrected chi connectivity index (χ2v) is 4.23. The summed E-state index contributed by atoms with van der Waals surface area (Å²) in [5, 5.41) is 8.54. The molecule has 17 heavy (non-hydrogen) atoms. The molecule has 0 aromatic heterocycles. The van der Waals surface area contributed by atoms with E-state index in [-0.39, 0.29) is 11.6 Å². The molecule has 0 radical (unpaired) electrons. The van der Waals surface area contributed by atoms with Crippen molar-refractivity contribution in [1.29, 1.82) is 0 Å². The third kappa shape index (κ3) is 8.56. The number of ketones is 2. The highest BCUT2D eigenvalue weighted by Crippen LogP contribution is 2.08. The van der Waals surface area contributed by atoms with Crippen molar-refractivity contribution in [3.05, 3.63) is 0 Å². The number of Topliss-reactive ketones (excluding diaryl/α,β-unsaturated/α-hetero) is 2. The van der Waals surface area contributed by atoms with E-state index in [1.807, 2.05) is 0 Å². The highest BCUT2D eigenvalue weighted by molar-refractivity contribution is 6.36. The SMILES string of the molecule is CC(=O)C(=O)CCCCCCCC(N)C(=O)O. The Hall–Kier alpha value is -1.23. The van der Waals surface area contributed by atoms with Gasteiger partial charge in [0.25, 0.3) is 0 Å². The molecule has 0 heterocycles. The third-order valence-electron chi connectivity index (χ3n) is 2.63. The van der Waals surface area contributed by atoms with Gasteiger partial charge in [0.1, 0.15) is 6.04 Å². The predicted octanol–water partition coefficient (Wildman–Crippen LogP) is 1.29. The average Bonchev–Trinajstić information content (AvgIpc) is 2.26. The van der Waals surface area contributed by atoms with Gasteiger partial charge in [-0.3, -0.25) is 14.4 Å². The van der Waals surface area contributed by atoms with Crippen molar-refractivity contribution in [3.63, 3.8) is 0 Å². The molecule has 0 saturated heterocycles. The van der Waals surface area contributed by atoms with E-state index < -0.39 is 12.0 Å². The van der Waals surface area contributed by atoms with Crippen molar-refractivity contribution in [3.8, 4) is 0 Å². The molecule has 0 aliphatic heterocycles. The van der Waals surface area contributed by atoms with Gasteiger partial charge in [-0.1, -0.05) is 25.7 Å². The molecule has 0 bridgehead atoms. The maximum atomic E-state index is 11.0. The van der Waals surface area contributed by atoms with Crippen LogP contribution < -0.4 is 5.73 Å². The normalized spacial score (nSPS) is 12.1. The molecule has 0 aliphatic carbocycles. The molecule has 0 spiro atoms. The van der Waals surface area contributed by atoms with E-state index in [4.69, 9.17) is 10.8 Å². The zero-order valence-electron chi connectivity index (χ0n) is 10.3. The maximum absolute atomic E-state index is 11.0. The van der Waals surface area contributed by atoms with Crippen LogP contribution in [-0.4, -0.2) is 28.7 Å². The Bertz CT molecular complexity index is 276. The van der Waals surface area contributed by atoms with Crippen LogP contribution in [0.5, 0.6) is 0 Å². The van der Waals surface area contributed by atoms with Gasteiger partial charge in [-0.15, -0.1) is 0 Å². The number of unbranched alkanes of at least 4 members (excludes halogenated alkanes) is 4. The molecular formula is C12H21NO4. The van der Waals surface area contributed by atoms with Crippen molar-refractivity contribution in [2.24, 2.45) is 5.73 Å². The Morgan fingerprint density at radius 3 is 2.12 bits per heavy atom. The van der Waals surface area contributed by atoms with Gasteiger partial charge in [0, 0.05) is 13.3 Å². The van der Waals surface area contributed by atoms with Crippen LogP contribution in [0.2, 0.25) is 0 Å². The molecule has 5 nitrogen and oxygen atoms in total. The lowest BCUT2D eigenvalue weighted by atomic mass is 10.0. The molecule has 0 fully saturated rings. The van der Waals surface area contributed by atoms with Crippen molar-refractivity contribution in [2.45, 2.75) is 57.9 Å². The van der Waals surface area contributed by atoms with Crippen LogP contribution in [0.1, 0.15) is 51.9 Å². The average molecular weight is 243 g/mol. The Kier molecular flexibility index (Phi) is 8.23. The number of carboxylic acid groups (broad SMARTS) is 1. The van der Waals surface area contributed by atoms with Crippen LogP contribution in [0.3, 0.4) is 0 Å². The van der Waals surface area contributed by atoms with E-state index in [0.29, 0.717) is 12.8 Å². The van der Waals surface area contributed by atoms with Gasteiger partial charge in [-0.25, -0.2) is 0 Å². The molecule has 5 heteroatoms. The van der Waals surface area contributed by atoms with E-state index in [1.54, 1.807) is 0 Å². The van der Waals surface area contributed by atoms with Gasteiger partial charge in [0.15, 0.2) is 11.6 Å². The van der Waals surface area contributed by atoms with Crippen molar-refractivity contribution >= 4 is 17.5 Å². The largest absolute Gasteiger partial charge is 0.480 e. The first-order chi connectivity index (χ1) is 7.95. The molecule has 0 aliphatic rings. The maximum Gasteiger partial charge on any atom is 0.320 e. The number of aliphatic carboxylic acids is 1. The number of rotatable bonds is 10. The van der Waals surface area contributed by atoms with E-state index >= 15 is 0 Å². The Morgan fingerprint density at radius 1 is 1.06 bits per heavy atom. The first-order valence-corrected chi connectivity index (χ1v) is 5.97. The van der Waals surface area contributed by atoms with E-state index in [0.717, 1.165) is 32.1 Å². The molecule has 1 unspecified atom stereocenters. The predicted molar refractivity (Wildman–Crippen MR) is 63.6 cm³/mol. The van der Waals surface area contributed by atoms with E-state index in [9.17, 15) is 14.4 Å². The third-order valence-corrected chi connectivity index (χ3v) is 2.63. The zero-order valence-corrected chi connectivity index (χ0v) is 10.3. The quantitative estimate of drug-likeness (QED) is 0.445. The highest BCUT2D eigenvalue weighted by atomic mass is 16.4. The van der Waals surface area contributed by atoms with Crippen LogP contribution in [0, 0.1) is 0 Å². The summed E-state index contributed by atoms with van der Waals surface area (Å²) in [4.78, 5) is 32.0. The lowest BCUT2D eigenvalue weighted by Gasteiger charge is -2.05. The number of hydrogen-bond donors (Lipinski definition) is 2. The number of carbonyl (C=O) groups is 3. The van der Waals surface area contributed by atoms with Crippen molar-refractivity contribution in [2.75, 3.05) is 0 Å². The molecule has 0 aromatic rings. The molecule has 0 aromatic carbocycles. The highest BCUT2D eigenvalue weighted by Gasteiger charge is 2.10. The summed E-state index contributed by atoms with van der Waals surface area (Å²) < 4.78 is 0. The first kappa shape index (κ1) is 15.8. The van der Waals surface area contributed by atoms with Crippen LogP contribution in [0.15, 0.2) is 0 Å². The minimum absolute atomic E-state index is 0.308. The minimum Gasteiger partial charge on any atom is -0.480 e. The molecule has 0 saturated carbocycles. The molecule has 1 atom stereocenters. The Labute approximate surface area is 101 Å². The second kappa shape index (κ2) is 8.87. The summed E-state index contributed by atoms with van der Waals surface area (Å²) in [6, 6.07) is -0.769. The fourth-order valence-electron chi connectivity index (χ4n) is 1.48. The monoisotopic (exact) mass is 243 g/mol. The van der Waals surface area contributed by atoms with Gasteiger partial charge in [0.05, 0.1) is 0 Å². The minimum atomic E-state index is -0.961. The summed E-state index contributed by atoms with van der Waals surface area (Å²) in [5.41, 5.74) is 5.35. The lowest BCUT2D eigenvalue weighted by molar-refractivity contribution is -0.138. The number of nitrogens with two attached hydrogens (primary N) is 1. The molecular weight excluding hydrogens is 222 g/mol. The summed E-state index contributed by atoms with van der Waals surface area (Å²) in [6.07, 6.45) is 5.07. The van der Waals surface area contributed by atoms with Gasteiger partial charge in [-0.2, -0.15) is 0 Å². The molecule has 0 amide bonds. The van der Waals surface area contributed by atoms with Gasteiger partial charge in [-0.05, 0) is 12.8 Å². The zero-order chi connectivity index (χ0) is 13.3. The number of hydrogen-bond acceptors (Lipinski definition) is 4.